The highest BCUT2D eigenvalue weighted by Crippen LogP contribution is 2.25. The van der Waals surface area contributed by atoms with E-state index in [2.05, 4.69) is 9.88 Å². The standard InChI is InChI=1S/C18H18N4O4S2/c23-22(24)14-4-3-5-15(12-14)28(25,26)21-10-8-20(9-11-21)13-18-19-16-6-1-2-7-17(16)27-18/h1-7,12H,8-11,13H2. The number of nitro benzene ring substituents is 1. The predicted molar refractivity (Wildman–Crippen MR) is 107 cm³/mol. The SMILES string of the molecule is O=[N+]([O-])c1cccc(S(=O)(=O)N2CCN(Cc3nc4ccccc4s3)CC2)c1. The average Bonchev–Trinajstić information content (AvgIpc) is 3.10. The number of para-hydroxylation sites is 1. The molecule has 1 aliphatic heterocycles. The number of piperazine rings is 1. The van der Waals surface area contributed by atoms with Gasteiger partial charge >= 0.3 is 0 Å². The first-order valence-electron chi connectivity index (χ1n) is 8.75. The minimum atomic E-state index is -3.75. The van der Waals surface area contributed by atoms with Crippen LogP contribution < -0.4 is 0 Å². The fourth-order valence-corrected chi connectivity index (χ4v) is 5.69. The van der Waals surface area contributed by atoms with Gasteiger partial charge in [0.25, 0.3) is 5.69 Å². The summed E-state index contributed by atoms with van der Waals surface area (Å²) in [5.74, 6) is 0. The first kappa shape index (κ1) is 18.9. The number of hydrogen-bond acceptors (Lipinski definition) is 7. The van der Waals surface area contributed by atoms with Crippen LogP contribution in [0.2, 0.25) is 0 Å². The van der Waals surface area contributed by atoms with Gasteiger partial charge in [-0.25, -0.2) is 13.4 Å². The van der Waals surface area contributed by atoms with E-state index in [-0.39, 0.29) is 10.6 Å². The summed E-state index contributed by atoms with van der Waals surface area (Å²) in [6.07, 6.45) is 0. The van der Waals surface area contributed by atoms with Crippen molar-refractivity contribution >= 4 is 37.3 Å². The second kappa shape index (κ2) is 7.55. The van der Waals surface area contributed by atoms with Crippen molar-refractivity contribution in [3.8, 4) is 0 Å². The number of rotatable bonds is 5. The van der Waals surface area contributed by atoms with Crippen molar-refractivity contribution in [2.45, 2.75) is 11.4 Å². The van der Waals surface area contributed by atoms with E-state index in [9.17, 15) is 18.5 Å². The second-order valence-corrected chi connectivity index (χ2v) is 9.56. The Labute approximate surface area is 166 Å². The molecular formula is C18H18N4O4S2. The minimum absolute atomic E-state index is 0.0404. The number of fused-ring (bicyclic) bond motifs is 1. The smallest absolute Gasteiger partial charge is 0.270 e. The van der Waals surface area contributed by atoms with Crippen LogP contribution in [0, 0.1) is 10.1 Å². The monoisotopic (exact) mass is 418 g/mol. The number of nitro groups is 1. The van der Waals surface area contributed by atoms with Crippen LogP contribution in [-0.4, -0.2) is 53.7 Å². The van der Waals surface area contributed by atoms with Gasteiger partial charge in [0.15, 0.2) is 0 Å². The van der Waals surface area contributed by atoms with Gasteiger partial charge in [-0.3, -0.25) is 15.0 Å². The molecule has 1 fully saturated rings. The van der Waals surface area contributed by atoms with E-state index in [4.69, 9.17) is 0 Å². The van der Waals surface area contributed by atoms with Gasteiger partial charge in [-0.15, -0.1) is 11.3 Å². The van der Waals surface area contributed by atoms with Crippen LogP contribution in [0.25, 0.3) is 10.2 Å². The van der Waals surface area contributed by atoms with Gasteiger partial charge in [0.2, 0.25) is 10.0 Å². The fourth-order valence-electron chi connectivity index (χ4n) is 3.21. The Morgan fingerprint density at radius 3 is 2.54 bits per heavy atom. The summed E-state index contributed by atoms with van der Waals surface area (Å²) in [4.78, 5) is 17.1. The Kier molecular flexibility index (Phi) is 5.11. The molecule has 0 spiro atoms. The van der Waals surface area contributed by atoms with Crippen LogP contribution in [0.5, 0.6) is 0 Å². The van der Waals surface area contributed by atoms with Gasteiger partial charge in [0.05, 0.1) is 26.6 Å². The highest BCUT2D eigenvalue weighted by Gasteiger charge is 2.29. The molecule has 0 bridgehead atoms. The van der Waals surface area contributed by atoms with Crippen molar-refractivity contribution < 1.29 is 13.3 Å². The molecule has 28 heavy (non-hydrogen) atoms. The van der Waals surface area contributed by atoms with Crippen LogP contribution in [0.4, 0.5) is 5.69 Å². The largest absolute Gasteiger partial charge is 0.294 e. The van der Waals surface area contributed by atoms with Crippen LogP contribution in [0.15, 0.2) is 53.4 Å². The Balaban J connectivity index is 1.43. The maximum Gasteiger partial charge on any atom is 0.270 e. The molecule has 0 N–H and O–H groups in total. The Morgan fingerprint density at radius 2 is 1.82 bits per heavy atom. The van der Waals surface area contributed by atoms with Crippen LogP contribution in [0.1, 0.15) is 5.01 Å². The quantitative estimate of drug-likeness (QED) is 0.467. The number of nitrogens with zero attached hydrogens (tertiary/aromatic N) is 4. The van der Waals surface area contributed by atoms with Crippen molar-refractivity contribution in [1.82, 2.24) is 14.2 Å². The fraction of sp³-hybridized carbons (Fsp3) is 0.278. The summed E-state index contributed by atoms with van der Waals surface area (Å²) in [5, 5.41) is 11.9. The zero-order valence-electron chi connectivity index (χ0n) is 14.9. The second-order valence-electron chi connectivity index (χ2n) is 6.51. The highest BCUT2D eigenvalue weighted by atomic mass is 32.2. The number of benzene rings is 2. The van der Waals surface area contributed by atoms with E-state index in [1.165, 1.54) is 22.5 Å². The molecule has 0 radical (unpaired) electrons. The zero-order chi connectivity index (χ0) is 19.7. The first-order chi connectivity index (χ1) is 13.4. The van der Waals surface area contributed by atoms with Crippen molar-refractivity contribution in [2.24, 2.45) is 0 Å². The normalized spacial score (nSPS) is 16.4. The van der Waals surface area contributed by atoms with Gasteiger partial charge in [-0.05, 0) is 18.2 Å². The van der Waals surface area contributed by atoms with E-state index in [0.717, 1.165) is 21.3 Å². The third kappa shape index (κ3) is 3.76. The summed E-state index contributed by atoms with van der Waals surface area (Å²) in [6, 6.07) is 13.2. The van der Waals surface area contributed by atoms with Gasteiger partial charge < -0.3 is 0 Å². The summed E-state index contributed by atoms with van der Waals surface area (Å²) in [7, 11) is -3.75. The molecule has 1 aromatic heterocycles. The molecule has 0 aliphatic carbocycles. The van der Waals surface area contributed by atoms with Gasteiger partial charge in [-0.2, -0.15) is 4.31 Å². The molecule has 3 aromatic rings. The number of aromatic nitrogens is 1. The molecule has 1 saturated heterocycles. The molecule has 0 amide bonds. The lowest BCUT2D eigenvalue weighted by molar-refractivity contribution is -0.385. The molecule has 0 saturated carbocycles. The first-order valence-corrected chi connectivity index (χ1v) is 11.0. The minimum Gasteiger partial charge on any atom is -0.294 e. The van der Waals surface area contributed by atoms with Crippen LogP contribution in [0.3, 0.4) is 0 Å². The molecule has 0 unspecified atom stereocenters. The number of hydrogen-bond donors (Lipinski definition) is 0. The maximum absolute atomic E-state index is 12.8. The van der Waals surface area contributed by atoms with Crippen LogP contribution >= 0.6 is 11.3 Å². The maximum atomic E-state index is 12.8. The van der Waals surface area contributed by atoms with E-state index in [0.29, 0.717) is 32.7 Å². The number of non-ortho nitro benzene ring substituents is 1. The van der Waals surface area contributed by atoms with Crippen molar-refractivity contribution in [1.29, 1.82) is 0 Å². The lowest BCUT2D eigenvalue weighted by Gasteiger charge is -2.33. The topological polar surface area (TPSA) is 96.6 Å². The lowest BCUT2D eigenvalue weighted by atomic mass is 10.3. The summed E-state index contributed by atoms with van der Waals surface area (Å²) >= 11 is 1.65. The predicted octanol–water partition coefficient (Wildman–Crippen LogP) is 2.71. The summed E-state index contributed by atoms with van der Waals surface area (Å²) in [5.41, 5.74) is 0.755. The van der Waals surface area contributed by atoms with Crippen molar-refractivity contribution in [2.75, 3.05) is 26.2 Å². The van der Waals surface area contributed by atoms with Gasteiger partial charge in [0.1, 0.15) is 5.01 Å². The van der Waals surface area contributed by atoms with E-state index in [1.54, 1.807) is 11.3 Å². The summed E-state index contributed by atoms with van der Waals surface area (Å²) < 4.78 is 28.2. The molecule has 2 heterocycles. The highest BCUT2D eigenvalue weighted by molar-refractivity contribution is 7.89. The Hall–Kier alpha value is -2.40. The number of thiazole rings is 1. The van der Waals surface area contributed by atoms with Gasteiger partial charge in [-0.1, -0.05) is 18.2 Å². The van der Waals surface area contributed by atoms with E-state index >= 15 is 0 Å². The molecule has 10 heteroatoms. The molecular weight excluding hydrogens is 400 g/mol. The van der Waals surface area contributed by atoms with E-state index < -0.39 is 14.9 Å². The van der Waals surface area contributed by atoms with Crippen LogP contribution in [-0.2, 0) is 16.6 Å². The molecule has 2 aromatic carbocycles. The number of sulfonamides is 1. The third-order valence-corrected chi connectivity index (χ3v) is 7.61. The molecule has 8 nitrogen and oxygen atoms in total. The van der Waals surface area contributed by atoms with Gasteiger partial charge in [0, 0.05) is 38.3 Å². The molecule has 4 rings (SSSR count). The third-order valence-electron chi connectivity index (χ3n) is 4.69. The lowest BCUT2D eigenvalue weighted by Crippen LogP contribution is -2.48. The van der Waals surface area contributed by atoms with Crippen molar-refractivity contribution in [3.05, 3.63) is 63.7 Å². The summed E-state index contributed by atoms with van der Waals surface area (Å²) in [6.45, 7) is 2.55. The Morgan fingerprint density at radius 1 is 1.07 bits per heavy atom. The van der Waals surface area contributed by atoms with Crippen molar-refractivity contribution in [3.63, 3.8) is 0 Å². The Bertz CT molecular complexity index is 1090. The zero-order valence-corrected chi connectivity index (χ0v) is 16.5. The molecule has 1 aliphatic rings. The van der Waals surface area contributed by atoms with E-state index in [1.807, 2.05) is 24.3 Å². The molecule has 146 valence electrons. The average molecular weight is 419 g/mol. The molecule has 0 atom stereocenters.